The van der Waals surface area contributed by atoms with Crippen LogP contribution in [0.15, 0.2) is 42.5 Å². The van der Waals surface area contributed by atoms with Crippen LogP contribution in [-0.2, 0) is 0 Å². The van der Waals surface area contributed by atoms with E-state index >= 15 is 0 Å². The van der Waals surface area contributed by atoms with Crippen LogP contribution in [0.2, 0.25) is 0 Å². The fourth-order valence-electron chi connectivity index (χ4n) is 2.01. The van der Waals surface area contributed by atoms with Gasteiger partial charge in [-0.15, -0.1) is 0 Å². The largest absolute Gasteiger partial charge is 0.478 e. The Morgan fingerprint density at radius 3 is 2.35 bits per heavy atom. The molecule has 0 radical (unpaired) electrons. The van der Waals surface area contributed by atoms with Crippen LogP contribution >= 0.6 is 0 Å². The minimum Gasteiger partial charge on any atom is -0.478 e. The van der Waals surface area contributed by atoms with Gasteiger partial charge in [-0.25, -0.2) is 9.18 Å². The quantitative estimate of drug-likeness (QED) is 0.903. The summed E-state index contributed by atoms with van der Waals surface area (Å²) in [7, 11) is 1.45. The highest BCUT2D eigenvalue weighted by Crippen LogP contribution is 2.28. The zero-order valence-electron chi connectivity index (χ0n) is 10.7. The van der Waals surface area contributed by atoms with Gasteiger partial charge in [0.25, 0.3) is 5.91 Å². The van der Waals surface area contributed by atoms with Crippen molar-refractivity contribution in [3.8, 4) is 11.1 Å². The number of carbonyl (C=O) groups excluding carboxylic acids is 1. The van der Waals surface area contributed by atoms with Crippen LogP contribution in [0.3, 0.4) is 0 Å². The second-order valence-corrected chi connectivity index (χ2v) is 4.12. The SMILES string of the molecule is CNC(=O)c1cccc(C(=O)O)c1-c1cccc(F)c1. The van der Waals surface area contributed by atoms with E-state index in [9.17, 15) is 19.1 Å². The van der Waals surface area contributed by atoms with E-state index in [1.807, 2.05) is 0 Å². The molecule has 0 fully saturated rings. The van der Waals surface area contributed by atoms with E-state index in [1.165, 1.54) is 43.4 Å². The van der Waals surface area contributed by atoms with E-state index < -0.39 is 17.7 Å². The van der Waals surface area contributed by atoms with Crippen LogP contribution in [0.5, 0.6) is 0 Å². The van der Waals surface area contributed by atoms with Crippen molar-refractivity contribution in [3.63, 3.8) is 0 Å². The van der Waals surface area contributed by atoms with Gasteiger partial charge in [0.1, 0.15) is 5.82 Å². The Balaban J connectivity index is 2.76. The van der Waals surface area contributed by atoms with Crippen LogP contribution in [-0.4, -0.2) is 24.0 Å². The molecule has 2 aromatic rings. The van der Waals surface area contributed by atoms with E-state index in [0.29, 0.717) is 5.56 Å². The number of nitrogens with one attached hydrogen (secondary N) is 1. The van der Waals surface area contributed by atoms with E-state index in [2.05, 4.69) is 5.32 Å². The summed E-state index contributed by atoms with van der Waals surface area (Å²) in [6.07, 6.45) is 0. The van der Waals surface area contributed by atoms with Gasteiger partial charge in [0.15, 0.2) is 0 Å². The summed E-state index contributed by atoms with van der Waals surface area (Å²) in [6, 6.07) is 9.87. The summed E-state index contributed by atoms with van der Waals surface area (Å²) in [4.78, 5) is 23.2. The summed E-state index contributed by atoms with van der Waals surface area (Å²) >= 11 is 0. The molecule has 0 saturated carbocycles. The minimum absolute atomic E-state index is 0.0447. The zero-order chi connectivity index (χ0) is 14.7. The molecule has 0 heterocycles. The maximum atomic E-state index is 13.4. The number of hydrogen-bond acceptors (Lipinski definition) is 2. The molecule has 0 unspecified atom stereocenters. The van der Waals surface area contributed by atoms with Crippen molar-refractivity contribution in [2.45, 2.75) is 0 Å². The number of carboxylic acids is 1. The summed E-state index contributed by atoms with van der Waals surface area (Å²) in [6.45, 7) is 0. The second kappa shape index (κ2) is 5.52. The molecule has 0 aromatic heterocycles. The predicted molar refractivity (Wildman–Crippen MR) is 72.2 cm³/mol. The number of amides is 1. The Labute approximate surface area is 114 Å². The van der Waals surface area contributed by atoms with Gasteiger partial charge >= 0.3 is 5.97 Å². The Hall–Kier alpha value is -2.69. The highest BCUT2D eigenvalue weighted by Gasteiger charge is 2.19. The topological polar surface area (TPSA) is 66.4 Å². The molecule has 20 heavy (non-hydrogen) atoms. The molecule has 0 saturated heterocycles. The van der Waals surface area contributed by atoms with E-state index in [1.54, 1.807) is 6.07 Å². The van der Waals surface area contributed by atoms with Gasteiger partial charge in [0.05, 0.1) is 5.56 Å². The predicted octanol–water partition coefficient (Wildman–Crippen LogP) is 2.55. The summed E-state index contributed by atoms with van der Waals surface area (Å²) < 4.78 is 13.4. The molecule has 0 aliphatic rings. The maximum absolute atomic E-state index is 13.4. The minimum atomic E-state index is -1.17. The Morgan fingerprint density at radius 1 is 1.10 bits per heavy atom. The van der Waals surface area contributed by atoms with E-state index in [4.69, 9.17) is 0 Å². The fraction of sp³-hybridized carbons (Fsp3) is 0.0667. The molecule has 1 amide bonds. The summed E-state index contributed by atoms with van der Waals surface area (Å²) in [5.41, 5.74) is 0.704. The molecule has 2 rings (SSSR count). The first-order valence-corrected chi connectivity index (χ1v) is 5.89. The molecule has 2 aromatic carbocycles. The number of carbonyl (C=O) groups is 2. The van der Waals surface area contributed by atoms with Gasteiger partial charge in [-0.1, -0.05) is 18.2 Å². The number of carboxylic acid groups (broad SMARTS) is 1. The smallest absolute Gasteiger partial charge is 0.336 e. The van der Waals surface area contributed by atoms with Gasteiger partial charge in [-0.05, 0) is 29.8 Å². The number of halogens is 1. The van der Waals surface area contributed by atoms with E-state index in [-0.39, 0.29) is 16.7 Å². The van der Waals surface area contributed by atoms with Gasteiger partial charge in [-0.2, -0.15) is 0 Å². The number of hydrogen-bond donors (Lipinski definition) is 2. The highest BCUT2D eigenvalue weighted by atomic mass is 19.1. The summed E-state index contributed by atoms with van der Waals surface area (Å²) in [5.74, 6) is -2.09. The molecule has 102 valence electrons. The van der Waals surface area contributed by atoms with E-state index in [0.717, 1.165) is 0 Å². The average molecular weight is 273 g/mol. The van der Waals surface area contributed by atoms with Crippen LogP contribution in [0.4, 0.5) is 4.39 Å². The van der Waals surface area contributed by atoms with Crippen molar-refractivity contribution < 1.29 is 19.1 Å². The van der Waals surface area contributed by atoms with Gasteiger partial charge in [0, 0.05) is 18.2 Å². The van der Waals surface area contributed by atoms with Gasteiger partial charge in [0.2, 0.25) is 0 Å². The third-order valence-electron chi connectivity index (χ3n) is 2.88. The first-order valence-electron chi connectivity index (χ1n) is 5.89. The van der Waals surface area contributed by atoms with Crippen molar-refractivity contribution in [2.75, 3.05) is 7.05 Å². The van der Waals surface area contributed by atoms with Gasteiger partial charge < -0.3 is 10.4 Å². The average Bonchev–Trinajstić information content (AvgIpc) is 2.45. The molecule has 4 nitrogen and oxygen atoms in total. The first kappa shape index (κ1) is 13.7. The molecule has 0 aliphatic heterocycles. The number of rotatable bonds is 3. The third-order valence-corrected chi connectivity index (χ3v) is 2.88. The van der Waals surface area contributed by atoms with Crippen molar-refractivity contribution in [3.05, 3.63) is 59.4 Å². The van der Waals surface area contributed by atoms with Crippen LogP contribution in [0.1, 0.15) is 20.7 Å². The highest BCUT2D eigenvalue weighted by molar-refractivity contribution is 6.07. The molecule has 0 atom stereocenters. The molecule has 5 heteroatoms. The Morgan fingerprint density at radius 2 is 1.75 bits per heavy atom. The van der Waals surface area contributed by atoms with Crippen LogP contribution in [0.25, 0.3) is 11.1 Å². The Bertz CT molecular complexity index is 683. The van der Waals surface area contributed by atoms with Crippen LogP contribution in [0, 0.1) is 5.82 Å². The van der Waals surface area contributed by atoms with Crippen molar-refractivity contribution in [2.24, 2.45) is 0 Å². The first-order chi connectivity index (χ1) is 9.54. The lowest BCUT2D eigenvalue weighted by Crippen LogP contribution is -2.19. The number of aromatic carboxylic acids is 1. The van der Waals surface area contributed by atoms with Crippen molar-refractivity contribution in [1.82, 2.24) is 5.32 Å². The molecule has 0 bridgehead atoms. The molecule has 0 spiro atoms. The molecular formula is C15H12FNO3. The fourth-order valence-corrected chi connectivity index (χ4v) is 2.01. The monoisotopic (exact) mass is 273 g/mol. The van der Waals surface area contributed by atoms with Crippen molar-refractivity contribution in [1.29, 1.82) is 0 Å². The standard InChI is InChI=1S/C15H12FNO3/c1-17-14(18)11-6-3-7-12(15(19)20)13(11)9-4-2-5-10(16)8-9/h2-8H,1H3,(H,17,18)(H,19,20). The number of benzene rings is 2. The third kappa shape index (κ3) is 2.51. The van der Waals surface area contributed by atoms with Crippen LogP contribution < -0.4 is 5.32 Å². The maximum Gasteiger partial charge on any atom is 0.336 e. The van der Waals surface area contributed by atoms with Crippen molar-refractivity contribution >= 4 is 11.9 Å². The second-order valence-electron chi connectivity index (χ2n) is 4.12. The Kier molecular flexibility index (Phi) is 3.79. The molecule has 0 aliphatic carbocycles. The lowest BCUT2D eigenvalue weighted by molar-refractivity contribution is 0.0697. The van der Waals surface area contributed by atoms with Gasteiger partial charge in [-0.3, -0.25) is 4.79 Å². The molecular weight excluding hydrogens is 261 g/mol. The zero-order valence-corrected chi connectivity index (χ0v) is 10.7. The lowest BCUT2D eigenvalue weighted by atomic mass is 9.93. The normalized spacial score (nSPS) is 10.1. The lowest BCUT2D eigenvalue weighted by Gasteiger charge is -2.12. The summed E-state index contributed by atoms with van der Waals surface area (Å²) in [5, 5.41) is 11.7. The molecule has 2 N–H and O–H groups in total.